The highest BCUT2D eigenvalue weighted by Crippen LogP contribution is 2.51. The molecule has 1 fully saturated rings. The largest absolute Gasteiger partial charge is 0.354 e. The third-order valence-corrected chi connectivity index (χ3v) is 3.68. The van der Waals surface area contributed by atoms with E-state index in [-0.39, 0.29) is 5.91 Å². The molecule has 0 radical (unpaired) electrons. The van der Waals surface area contributed by atoms with Crippen molar-refractivity contribution >= 4 is 5.91 Å². The summed E-state index contributed by atoms with van der Waals surface area (Å²) in [6.45, 7) is 8.67. The van der Waals surface area contributed by atoms with Crippen LogP contribution in [0.25, 0.3) is 0 Å². The van der Waals surface area contributed by atoms with Crippen molar-refractivity contribution in [2.24, 2.45) is 16.7 Å². The first kappa shape index (κ1) is 12.0. The van der Waals surface area contributed by atoms with E-state index in [1.165, 1.54) is 6.42 Å². The van der Waals surface area contributed by atoms with Crippen LogP contribution in [0.5, 0.6) is 0 Å². The summed E-state index contributed by atoms with van der Waals surface area (Å²) in [6.07, 6.45) is 1.73. The second-order valence-electron chi connectivity index (χ2n) is 5.40. The van der Waals surface area contributed by atoms with Crippen molar-refractivity contribution in [1.82, 2.24) is 5.32 Å². The number of hydrogen-bond donors (Lipinski definition) is 1. The van der Waals surface area contributed by atoms with E-state index in [1.807, 2.05) is 6.92 Å². The van der Waals surface area contributed by atoms with E-state index in [2.05, 4.69) is 25.2 Å². The van der Waals surface area contributed by atoms with Crippen molar-refractivity contribution in [3.8, 4) is 6.07 Å². The smallest absolute Gasteiger partial charge is 0.240 e. The predicted molar refractivity (Wildman–Crippen MR) is 58.9 cm³/mol. The summed E-state index contributed by atoms with van der Waals surface area (Å²) in [7, 11) is 0. The summed E-state index contributed by atoms with van der Waals surface area (Å²) in [4.78, 5) is 11.7. The SMILES string of the molecule is CCC(C)(C#N)C(=O)NCC1CC1(C)C. The minimum Gasteiger partial charge on any atom is -0.354 e. The van der Waals surface area contributed by atoms with Crippen LogP contribution in [-0.2, 0) is 4.79 Å². The number of carbonyl (C=O) groups excluding carboxylic acids is 1. The van der Waals surface area contributed by atoms with Crippen LogP contribution in [0.15, 0.2) is 0 Å². The van der Waals surface area contributed by atoms with Gasteiger partial charge in [-0.05, 0) is 31.1 Å². The van der Waals surface area contributed by atoms with Crippen LogP contribution >= 0.6 is 0 Å². The quantitative estimate of drug-likeness (QED) is 0.769. The molecule has 1 amide bonds. The lowest BCUT2D eigenvalue weighted by Gasteiger charge is -2.18. The Labute approximate surface area is 91.9 Å². The molecule has 0 aliphatic heterocycles. The van der Waals surface area contributed by atoms with E-state index in [4.69, 9.17) is 5.26 Å². The number of hydrogen-bond acceptors (Lipinski definition) is 2. The minimum absolute atomic E-state index is 0.129. The van der Waals surface area contributed by atoms with Crippen LogP contribution in [0.2, 0.25) is 0 Å². The van der Waals surface area contributed by atoms with E-state index < -0.39 is 5.41 Å². The maximum absolute atomic E-state index is 11.7. The van der Waals surface area contributed by atoms with Crippen molar-refractivity contribution < 1.29 is 4.79 Å². The minimum atomic E-state index is -0.862. The maximum Gasteiger partial charge on any atom is 0.240 e. The lowest BCUT2D eigenvalue weighted by molar-refractivity contribution is -0.127. The van der Waals surface area contributed by atoms with Crippen molar-refractivity contribution in [2.75, 3.05) is 6.54 Å². The summed E-state index contributed by atoms with van der Waals surface area (Å²) in [5.41, 5.74) is -0.485. The molecule has 1 rings (SSSR count). The first-order valence-corrected chi connectivity index (χ1v) is 5.55. The third-order valence-electron chi connectivity index (χ3n) is 3.68. The fourth-order valence-corrected chi connectivity index (χ4v) is 1.63. The summed E-state index contributed by atoms with van der Waals surface area (Å²) < 4.78 is 0. The van der Waals surface area contributed by atoms with Crippen LogP contribution in [-0.4, -0.2) is 12.5 Å². The highest BCUT2D eigenvalue weighted by Gasteiger charge is 2.45. The highest BCUT2D eigenvalue weighted by atomic mass is 16.2. The highest BCUT2D eigenvalue weighted by molar-refractivity contribution is 5.84. The molecule has 3 heteroatoms. The van der Waals surface area contributed by atoms with Crippen LogP contribution in [0.1, 0.15) is 40.5 Å². The molecule has 2 unspecified atom stereocenters. The molecule has 1 aliphatic rings. The molecule has 0 heterocycles. The van der Waals surface area contributed by atoms with Gasteiger partial charge in [-0.15, -0.1) is 0 Å². The molecule has 0 aromatic carbocycles. The number of nitrogens with one attached hydrogen (secondary N) is 1. The van der Waals surface area contributed by atoms with Gasteiger partial charge in [-0.3, -0.25) is 4.79 Å². The zero-order valence-electron chi connectivity index (χ0n) is 10.1. The van der Waals surface area contributed by atoms with E-state index in [9.17, 15) is 4.79 Å². The zero-order valence-corrected chi connectivity index (χ0v) is 10.1. The lowest BCUT2D eigenvalue weighted by Crippen LogP contribution is -2.38. The van der Waals surface area contributed by atoms with Crippen molar-refractivity contribution in [2.45, 2.75) is 40.5 Å². The van der Waals surface area contributed by atoms with Gasteiger partial charge in [0.15, 0.2) is 0 Å². The van der Waals surface area contributed by atoms with Gasteiger partial charge in [0.25, 0.3) is 0 Å². The Kier molecular flexibility index (Phi) is 3.08. The van der Waals surface area contributed by atoms with Crippen LogP contribution in [0.3, 0.4) is 0 Å². The molecule has 3 nitrogen and oxygen atoms in total. The molecule has 15 heavy (non-hydrogen) atoms. The van der Waals surface area contributed by atoms with E-state index in [0.29, 0.717) is 24.3 Å². The summed E-state index contributed by atoms with van der Waals surface area (Å²) in [5, 5.41) is 11.8. The second-order valence-corrected chi connectivity index (χ2v) is 5.40. The third kappa shape index (κ3) is 2.50. The van der Waals surface area contributed by atoms with Gasteiger partial charge >= 0.3 is 0 Å². The lowest BCUT2D eigenvalue weighted by atomic mass is 9.88. The van der Waals surface area contributed by atoms with Gasteiger partial charge in [-0.2, -0.15) is 5.26 Å². The Morgan fingerprint density at radius 3 is 2.53 bits per heavy atom. The fraction of sp³-hybridized carbons (Fsp3) is 0.833. The molecule has 0 aromatic rings. The first-order valence-electron chi connectivity index (χ1n) is 5.55. The Morgan fingerprint density at radius 1 is 1.67 bits per heavy atom. The Morgan fingerprint density at radius 2 is 2.20 bits per heavy atom. The average molecular weight is 208 g/mol. The second kappa shape index (κ2) is 3.84. The number of rotatable bonds is 4. The normalized spacial score (nSPS) is 26.2. The van der Waals surface area contributed by atoms with Gasteiger partial charge in [0.2, 0.25) is 5.91 Å². The molecule has 0 bridgehead atoms. The van der Waals surface area contributed by atoms with Gasteiger partial charge in [-0.25, -0.2) is 0 Å². The summed E-state index contributed by atoms with van der Waals surface area (Å²) >= 11 is 0. The average Bonchev–Trinajstić information content (AvgIpc) is 2.81. The maximum atomic E-state index is 11.7. The standard InChI is InChI=1S/C12H20N2O/c1-5-12(4,8-13)10(15)14-7-9-6-11(9,2)3/h9H,5-7H2,1-4H3,(H,14,15). The van der Waals surface area contributed by atoms with Crippen LogP contribution < -0.4 is 5.32 Å². The predicted octanol–water partition coefficient (Wildman–Crippen LogP) is 2.09. The fourth-order valence-electron chi connectivity index (χ4n) is 1.63. The molecular formula is C12H20N2O. The summed E-state index contributed by atoms with van der Waals surface area (Å²) in [5.74, 6) is 0.455. The number of amides is 1. The van der Waals surface area contributed by atoms with Crippen LogP contribution in [0.4, 0.5) is 0 Å². The van der Waals surface area contributed by atoms with Gasteiger partial charge in [-0.1, -0.05) is 20.8 Å². The molecule has 1 saturated carbocycles. The Bertz CT molecular complexity index is 303. The van der Waals surface area contributed by atoms with Crippen molar-refractivity contribution in [1.29, 1.82) is 5.26 Å². The molecule has 1 aliphatic carbocycles. The molecule has 2 atom stereocenters. The zero-order chi connectivity index (χ0) is 11.7. The molecule has 0 aromatic heterocycles. The molecule has 1 N–H and O–H groups in total. The first-order chi connectivity index (χ1) is 6.85. The van der Waals surface area contributed by atoms with Crippen molar-refractivity contribution in [3.05, 3.63) is 0 Å². The van der Waals surface area contributed by atoms with Gasteiger partial charge in [0.05, 0.1) is 6.07 Å². The van der Waals surface area contributed by atoms with Gasteiger partial charge in [0, 0.05) is 6.54 Å². The summed E-state index contributed by atoms with van der Waals surface area (Å²) in [6, 6.07) is 2.08. The molecule has 84 valence electrons. The van der Waals surface area contributed by atoms with Crippen LogP contribution in [0, 0.1) is 28.1 Å². The van der Waals surface area contributed by atoms with Crippen molar-refractivity contribution in [3.63, 3.8) is 0 Å². The number of nitrogens with zero attached hydrogens (tertiary/aromatic N) is 1. The van der Waals surface area contributed by atoms with E-state index in [1.54, 1.807) is 6.92 Å². The van der Waals surface area contributed by atoms with Gasteiger partial charge in [0.1, 0.15) is 5.41 Å². The Hall–Kier alpha value is -1.04. The van der Waals surface area contributed by atoms with Gasteiger partial charge < -0.3 is 5.32 Å². The monoisotopic (exact) mass is 208 g/mol. The molecular weight excluding hydrogens is 188 g/mol. The topological polar surface area (TPSA) is 52.9 Å². The number of nitriles is 1. The van der Waals surface area contributed by atoms with E-state index >= 15 is 0 Å². The molecule has 0 spiro atoms. The molecule has 0 saturated heterocycles. The Balaban J connectivity index is 2.40. The van der Waals surface area contributed by atoms with E-state index in [0.717, 1.165) is 0 Å². The number of carbonyl (C=O) groups is 1.